The molecule has 2 aromatic rings. The summed E-state index contributed by atoms with van der Waals surface area (Å²) in [6.07, 6.45) is 0. The van der Waals surface area contributed by atoms with Crippen molar-refractivity contribution < 1.29 is 8.42 Å². The van der Waals surface area contributed by atoms with Crippen LogP contribution in [0.4, 0.5) is 0 Å². The number of sulfonamides is 1. The van der Waals surface area contributed by atoms with Crippen LogP contribution in [0.3, 0.4) is 0 Å². The normalized spacial score (nSPS) is 16.3. The molecule has 0 N–H and O–H groups in total. The lowest BCUT2D eigenvalue weighted by molar-refractivity contribution is 0.181. The molecule has 0 bridgehead atoms. The molecule has 1 aliphatic rings. The molecule has 0 atom stereocenters. The van der Waals surface area contributed by atoms with E-state index in [1.165, 1.54) is 22.5 Å². The third-order valence-electron chi connectivity index (χ3n) is 4.39. The largest absolute Gasteiger partial charge is 0.296 e. The molecule has 3 rings (SSSR count). The second-order valence-corrected chi connectivity index (χ2v) is 8.78. The number of hydrogen-bond donors (Lipinski definition) is 0. The third-order valence-corrected chi connectivity index (χ3v) is 7.03. The number of piperazine rings is 1. The molecule has 0 amide bonds. The number of benzene rings is 2. The fourth-order valence-corrected chi connectivity index (χ4v) is 4.73. The number of halogens is 2. The lowest BCUT2D eigenvalue weighted by atomic mass is 10.1. The van der Waals surface area contributed by atoms with Gasteiger partial charge in [0.2, 0.25) is 10.0 Å². The van der Waals surface area contributed by atoms with Gasteiger partial charge in [0, 0.05) is 32.7 Å². The minimum Gasteiger partial charge on any atom is -0.296 e. The van der Waals surface area contributed by atoms with Crippen molar-refractivity contribution in [1.29, 1.82) is 5.26 Å². The fourth-order valence-electron chi connectivity index (χ4n) is 2.92. The summed E-state index contributed by atoms with van der Waals surface area (Å²) >= 11 is 11.8. The number of hydrogen-bond acceptors (Lipinski definition) is 4. The average molecular weight is 410 g/mol. The van der Waals surface area contributed by atoms with Gasteiger partial charge in [0.05, 0.1) is 26.6 Å². The van der Waals surface area contributed by atoms with Gasteiger partial charge < -0.3 is 0 Å². The highest BCUT2D eigenvalue weighted by molar-refractivity contribution is 7.89. The lowest BCUT2D eigenvalue weighted by Crippen LogP contribution is -2.48. The molecule has 0 aromatic heterocycles. The maximum atomic E-state index is 12.8. The molecule has 5 nitrogen and oxygen atoms in total. The van der Waals surface area contributed by atoms with Gasteiger partial charge in [-0.3, -0.25) is 4.90 Å². The summed E-state index contributed by atoms with van der Waals surface area (Å²) in [5.41, 5.74) is 1.61. The minimum atomic E-state index is -3.60. The fraction of sp³-hybridized carbons (Fsp3) is 0.278. The van der Waals surface area contributed by atoms with E-state index in [9.17, 15) is 13.7 Å². The highest BCUT2D eigenvalue weighted by atomic mass is 35.5. The third kappa shape index (κ3) is 4.03. The molecule has 0 saturated carbocycles. The zero-order chi connectivity index (χ0) is 18.7. The highest BCUT2D eigenvalue weighted by Gasteiger charge is 2.29. The van der Waals surface area contributed by atoms with E-state index in [-0.39, 0.29) is 9.92 Å². The van der Waals surface area contributed by atoms with Crippen LogP contribution in [0.1, 0.15) is 11.1 Å². The van der Waals surface area contributed by atoms with Crippen molar-refractivity contribution in [2.75, 3.05) is 26.2 Å². The van der Waals surface area contributed by atoms with Crippen molar-refractivity contribution in [3.8, 4) is 6.07 Å². The van der Waals surface area contributed by atoms with Crippen LogP contribution in [0.5, 0.6) is 0 Å². The molecule has 1 saturated heterocycles. The van der Waals surface area contributed by atoms with E-state index >= 15 is 0 Å². The smallest absolute Gasteiger partial charge is 0.243 e. The van der Waals surface area contributed by atoms with Gasteiger partial charge in [-0.2, -0.15) is 9.57 Å². The van der Waals surface area contributed by atoms with E-state index in [0.29, 0.717) is 43.3 Å². The topological polar surface area (TPSA) is 64.4 Å². The van der Waals surface area contributed by atoms with Gasteiger partial charge in [-0.25, -0.2) is 8.42 Å². The first kappa shape index (κ1) is 19.2. The summed E-state index contributed by atoms with van der Waals surface area (Å²) in [4.78, 5) is 2.30. The first-order valence-electron chi connectivity index (χ1n) is 8.07. The quantitative estimate of drug-likeness (QED) is 0.776. The zero-order valence-corrected chi connectivity index (χ0v) is 16.2. The summed E-state index contributed by atoms with van der Waals surface area (Å²) in [5, 5.41) is 9.74. The Morgan fingerprint density at radius 3 is 2.35 bits per heavy atom. The molecule has 1 heterocycles. The molecule has 8 heteroatoms. The minimum absolute atomic E-state index is 0.148. The van der Waals surface area contributed by atoms with Crippen LogP contribution in [0, 0.1) is 11.3 Å². The van der Waals surface area contributed by atoms with E-state index in [1.54, 1.807) is 6.07 Å². The zero-order valence-electron chi connectivity index (χ0n) is 13.9. The molecule has 0 radical (unpaired) electrons. The van der Waals surface area contributed by atoms with Crippen LogP contribution in [-0.2, 0) is 16.6 Å². The van der Waals surface area contributed by atoms with Gasteiger partial charge in [0.25, 0.3) is 0 Å². The van der Waals surface area contributed by atoms with Crippen molar-refractivity contribution in [2.24, 2.45) is 0 Å². The first-order valence-corrected chi connectivity index (χ1v) is 10.3. The molecule has 26 heavy (non-hydrogen) atoms. The van der Waals surface area contributed by atoms with Gasteiger partial charge in [0.15, 0.2) is 0 Å². The Morgan fingerprint density at radius 2 is 1.69 bits per heavy atom. The summed E-state index contributed by atoms with van der Waals surface area (Å²) in [6, 6.07) is 14.0. The maximum Gasteiger partial charge on any atom is 0.243 e. The van der Waals surface area contributed by atoms with Crippen LogP contribution in [0.2, 0.25) is 10.0 Å². The predicted molar refractivity (Wildman–Crippen MR) is 102 cm³/mol. The second-order valence-electron chi connectivity index (χ2n) is 6.03. The Balaban J connectivity index is 1.68. The standard InChI is InChI=1S/C18H17Cl2N3O2S/c19-17-6-5-16(11-18(17)20)26(24,25)23-9-7-22(8-10-23)13-15-4-2-1-3-14(15)12-21/h1-6,11H,7-10,13H2. The van der Waals surface area contributed by atoms with Gasteiger partial charge in [0.1, 0.15) is 0 Å². The summed E-state index contributed by atoms with van der Waals surface area (Å²) in [7, 11) is -3.60. The Bertz CT molecular complexity index is 949. The number of nitrogens with zero attached hydrogens (tertiary/aromatic N) is 3. The van der Waals surface area contributed by atoms with Crippen LogP contribution in [-0.4, -0.2) is 43.8 Å². The van der Waals surface area contributed by atoms with Crippen LogP contribution in [0.15, 0.2) is 47.4 Å². The van der Waals surface area contributed by atoms with Crippen LogP contribution in [0.25, 0.3) is 0 Å². The predicted octanol–water partition coefficient (Wildman–Crippen LogP) is 3.37. The molecule has 0 spiro atoms. The van der Waals surface area contributed by atoms with Gasteiger partial charge in [-0.1, -0.05) is 41.4 Å². The highest BCUT2D eigenvalue weighted by Crippen LogP contribution is 2.27. The molecular formula is C18H17Cl2N3O2S. The van der Waals surface area contributed by atoms with Crippen LogP contribution >= 0.6 is 23.2 Å². The molecule has 136 valence electrons. The molecule has 2 aromatic carbocycles. The Kier molecular flexibility index (Phi) is 5.86. The van der Waals surface area contributed by atoms with Crippen molar-refractivity contribution in [1.82, 2.24) is 9.21 Å². The van der Waals surface area contributed by atoms with E-state index in [2.05, 4.69) is 11.0 Å². The van der Waals surface area contributed by atoms with Crippen molar-refractivity contribution in [2.45, 2.75) is 11.4 Å². The summed E-state index contributed by atoms with van der Waals surface area (Å²) in [5.74, 6) is 0. The lowest BCUT2D eigenvalue weighted by Gasteiger charge is -2.34. The van der Waals surface area contributed by atoms with Crippen molar-refractivity contribution in [3.63, 3.8) is 0 Å². The molecule has 0 unspecified atom stereocenters. The van der Waals surface area contributed by atoms with E-state index in [1.807, 2.05) is 18.2 Å². The monoisotopic (exact) mass is 409 g/mol. The average Bonchev–Trinajstić information content (AvgIpc) is 2.65. The maximum absolute atomic E-state index is 12.8. The van der Waals surface area contributed by atoms with Gasteiger partial charge >= 0.3 is 0 Å². The summed E-state index contributed by atoms with van der Waals surface area (Å²) in [6.45, 7) is 2.60. The molecule has 1 fully saturated rings. The Morgan fingerprint density at radius 1 is 1.00 bits per heavy atom. The van der Waals surface area contributed by atoms with E-state index in [4.69, 9.17) is 23.2 Å². The Labute approximate surface area is 163 Å². The van der Waals surface area contributed by atoms with Crippen molar-refractivity contribution in [3.05, 3.63) is 63.6 Å². The molecule has 0 aliphatic carbocycles. The SMILES string of the molecule is N#Cc1ccccc1CN1CCN(S(=O)(=O)c2ccc(Cl)c(Cl)c2)CC1. The van der Waals surface area contributed by atoms with Gasteiger partial charge in [-0.05, 0) is 29.8 Å². The molecular weight excluding hydrogens is 393 g/mol. The van der Waals surface area contributed by atoms with E-state index in [0.717, 1.165) is 5.56 Å². The van der Waals surface area contributed by atoms with Crippen LogP contribution < -0.4 is 0 Å². The summed E-state index contributed by atoms with van der Waals surface area (Å²) < 4.78 is 27.0. The number of rotatable bonds is 4. The van der Waals surface area contributed by atoms with E-state index < -0.39 is 10.0 Å². The molecule has 1 aliphatic heterocycles. The van der Waals surface area contributed by atoms with Gasteiger partial charge in [-0.15, -0.1) is 0 Å². The number of nitriles is 1. The first-order chi connectivity index (χ1) is 12.4. The second kappa shape index (κ2) is 7.95. The van der Waals surface area contributed by atoms with Crippen molar-refractivity contribution >= 4 is 33.2 Å². The Hall–Kier alpha value is -1.62.